The van der Waals surface area contributed by atoms with Gasteiger partial charge in [0.05, 0.1) is 0 Å². The third-order valence-corrected chi connectivity index (χ3v) is 0.408. The summed E-state index contributed by atoms with van der Waals surface area (Å²) in [6, 6.07) is 0. The van der Waals surface area contributed by atoms with Crippen LogP contribution in [0.1, 0.15) is 0 Å². The Labute approximate surface area is 39.2 Å². The van der Waals surface area contributed by atoms with Gasteiger partial charge in [0.25, 0.3) is 0 Å². The van der Waals surface area contributed by atoms with Crippen LogP contribution in [0.2, 0.25) is 0 Å². The summed E-state index contributed by atoms with van der Waals surface area (Å²) in [5.41, 5.74) is 0. The second-order valence-corrected chi connectivity index (χ2v) is 0.791. The van der Waals surface area contributed by atoms with Crippen molar-refractivity contribution in [2.75, 3.05) is 0 Å². The Morgan fingerprint density at radius 1 is 1.71 bits per heavy atom. The summed E-state index contributed by atoms with van der Waals surface area (Å²) in [6.07, 6.45) is 3.80. The topological polar surface area (TPSA) is 67.4 Å². The smallest absolute Gasteiger partial charge is 0.00246 e. The molecule has 0 spiro atoms. The van der Waals surface area contributed by atoms with Gasteiger partial charge in [-0.25, -0.2) is 5.10 Å². The first-order valence-corrected chi connectivity index (χ1v) is 1.49. The highest BCUT2D eigenvalue weighted by atomic mass is 15.5. The zero-order chi connectivity index (χ0) is 5.11. The molecule has 1 aromatic heterocycles. The van der Waals surface area contributed by atoms with Crippen LogP contribution in [0, 0.1) is 17.8 Å². The molecule has 0 aliphatic heterocycles. The van der Waals surface area contributed by atoms with Crippen molar-refractivity contribution in [3.8, 4) is 6.19 Å². The molecule has 0 saturated heterocycles. The lowest BCUT2D eigenvalue weighted by Crippen LogP contribution is -1.86. The molecule has 0 atom stereocenters. The molecule has 0 saturated carbocycles. The number of hydrogen-bond acceptors (Lipinski definition) is 4. The lowest BCUT2D eigenvalue weighted by Gasteiger charge is -1.82. The van der Waals surface area contributed by atoms with Crippen LogP contribution in [-0.4, -0.2) is 20.2 Å². The molecule has 1 aromatic rings. The number of hydrogen-bond donors (Lipinski definition) is 0. The van der Waals surface area contributed by atoms with Crippen molar-refractivity contribution in [2.45, 2.75) is 0 Å². The van der Waals surface area contributed by atoms with E-state index in [1.165, 1.54) is 0 Å². The molecular formula is C2N5-. The van der Waals surface area contributed by atoms with E-state index < -0.39 is 0 Å². The van der Waals surface area contributed by atoms with Crippen LogP contribution >= 0.6 is 0 Å². The molecule has 0 N–H and O–H groups in total. The second kappa shape index (κ2) is 1.34. The normalized spacial score (nSPS) is 7.86. The maximum Gasteiger partial charge on any atom is -0.00246 e. The van der Waals surface area contributed by atoms with E-state index in [-0.39, 0.29) is 0 Å². The van der Waals surface area contributed by atoms with Gasteiger partial charge in [-0.15, -0.1) is 0 Å². The van der Waals surface area contributed by atoms with Crippen LogP contribution in [0.3, 0.4) is 0 Å². The Morgan fingerprint density at radius 2 is 2.57 bits per heavy atom. The maximum absolute atomic E-state index is 7.97. The van der Waals surface area contributed by atoms with Crippen LogP contribution in [0.4, 0.5) is 0 Å². The lowest BCUT2D eigenvalue weighted by atomic mass is 11.2. The average Bonchev–Trinajstić information content (AvgIpc) is 2.14. The molecule has 0 aromatic carbocycles. The van der Waals surface area contributed by atoms with Gasteiger partial charge in [-0.2, -0.15) is 0 Å². The van der Waals surface area contributed by atoms with Crippen molar-refractivity contribution in [2.24, 2.45) is 0 Å². The molecule has 34 valence electrons. The first kappa shape index (κ1) is 3.74. The monoisotopic (exact) mass is 94.0 g/mol. The van der Waals surface area contributed by atoms with Crippen LogP contribution in [0.15, 0.2) is 0 Å². The van der Waals surface area contributed by atoms with E-state index in [1.807, 2.05) is 0 Å². The van der Waals surface area contributed by atoms with E-state index >= 15 is 0 Å². The molecule has 1 rings (SSSR count). The van der Waals surface area contributed by atoms with Crippen LogP contribution in [-0.2, 0) is 0 Å². The van der Waals surface area contributed by atoms with E-state index in [9.17, 15) is 0 Å². The van der Waals surface area contributed by atoms with Gasteiger partial charge in [-0.3, -0.25) is 0 Å². The minimum atomic E-state index is 0.833. The molecule has 5 heteroatoms. The van der Waals surface area contributed by atoms with Gasteiger partial charge in [-0.1, -0.05) is 5.21 Å². The number of nitrogens with zero attached hydrogens (tertiary/aromatic N) is 5. The van der Waals surface area contributed by atoms with Gasteiger partial charge >= 0.3 is 0 Å². The third kappa shape index (κ3) is 0.523. The number of aromatic nitrogens is 4. The molecule has 0 bridgehead atoms. The standard InChI is InChI=1S/C2N5/c3-1-7-2-4-5-6-7/q-1. The van der Waals surface area contributed by atoms with Gasteiger partial charge in [0.15, 0.2) is 0 Å². The summed E-state index contributed by atoms with van der Waals surface area (Å²) in [7, 11) is 0. The quantitative estimate of drug-likeness (QED) is 0.379. The molecule has 0 unspecified atom stereocenters. The number of rotatable bonds is 0. The fourth-order valence-corrected chi connectivity index (χ4v) is 0.185. The molecule has 0 fully saturated rings. The zero-order valence-electron chi connectivity index (χ0n) is 3.24. The fourth-order valence-electron chi connectivity index (χ4n) is 0.185. The Kier molecular flexibility index (Phi) is 0.717. The van der Waals surface area contributed by atoms with E-state index in [1.54, 1.807) is 6.19 Å². The SMILES string of the molecule is N#Cn1[c-]nnn1. The van der Waals surface area contributed by atoms with Gasteiger partial charge in [-0.05, 0) is 17.7 Å². The van der Waals surface area contributed by atoms with Gasteiger partial charge < -0.3 is 9.94 Å². The summed E-state index contributed by atoms with van der Waals surface area (Å²) in [4.78, 5) is 0. The summed E-state index contributed by atoms with van der Waals surface area (Å²) in [5.74, 6) is 0. The van der Waals surface area contributed by atoms with Gasteiger partial charge in [0.2, 0.25) is 0 Å². The van der Waals surface area contributed by atoms with Crippen LogP contribution in [0.25, 0.3) is 0 Å². The Bertz CT molecular complexity index is 168. The molecule has 0 aliphatic rings. The van der Waals surface area contributed by atoms with E-state index in [2.05, 4.69) is 21.9 Å². The van der Waals surface area contributed by atoms with Crippen molar-refractivity contribution in [1.82, 2.24) is 20.2 Å². The molecular weight excluding hydrogens is 94.1 g/mol. The van der Waals surface area contributed by atoms with E-state index in [4.69, 9.17) is 5.26 Å². The van der Waals surface area contributed by atoms with Crippen molar-refractivity contribution >= 4 is 0 Å². The predicted molar refractivity (Wildman–Crippen MR) is 17.7 cm³/mol. The lowest BCUT2D eigenvalue weighted by molar-refractivity contribution is 0.798. The number of nitriles is 1. The Balaban J connectivity index is 3.04. The number of tetrazole rings is 1. The zero-order valence-corrected chi connectivity index (χ0v) is 3.24. The highest BCUT2D eigenvalue weighted by Crippen LogP contribution is 1.61. The van der Waals surface area contributed by atoms with Gasteiger partial charge in [0.1, 0.15) is 0 Å². The second-order valence-electron chi connectivity index (χ2n) is 0.791. The van der Waals surface area contributed by atoms with Crippen LogP contribution in [0.5, 0.6) is 0 Å². The van der Waals surface area contributed by atoms with Crippen LogP contribution < -0.4 is 0 Å². The summed E-state index contributed by atoms with van der Waals surface area (Å²) in [5, 5.41) is 17.4. The van der Waals surface area contributed by atoms with Crippen molar-refractivity contribution < 1.29 is 0 Å². The van der Waals surface area contributed by atoms with Crippen molar-refractivity contribution in [3.63, 3.8) is 0 Å². The Morgan fingerprint density at radius 3 is 2.86 bits per heavy atom. The summed E-state index contributed by atoms with van der Waals surface area (Å²) >= 11 is 0. The predicted octanol–water partition coefficient (Wildman–Crippen LogP) is -1.20. The minimum absolute atomic E-state index is 0.833. The van der Waals surface area contributed by atoms with E-state index in [0.29, 0.717) is 0 Å². The molecule has 0 amide bonds. The Hall–Kier alpha value is -1.44. The molecule has 7 heavy (non-hydrogen) atoms. The first-order chi connectivity index (χ1) is 3.43. The van der Waals surface area contributed by atoms with Crippen molar-refractivity contribution in [3.05, 3.63) is 6.33 Å². The summed E-state index contributed by atoms with van der Waals surface area (Å²) in [6.45, 7) is 0. The van der Waals surface area contributed by atoms with Crippen molar-refractivity contribution in [1.29, 1.82) is 5.26 Å². The molecule has 0 radical (unpaired) electrons. The molecule has 0 aliphatic carbocycles. The molecule has 1 heterocycles. The fraction of sp³-hybridized carbons (Fsp3) is 0. The highest BCUT2D eigenvalue weighted by molar-refractivity contribution is 4.67. The van der Waals surface area contributed by atoms with Gasteiger partial charge in [0, 0.05) is 0 Å². The maximum atomic E-state index is 7.97. The molecule has 5 nitrogen and oxygen atoms in total. The first-order valence-electron chi connectivity index (χ1n) is 1.49. The minimum Gasteiger partial charge on any atom is -0.313 e. The highest BCUT2D eigenvalue weighted by Gasteiger charge is 1.66. The van der Waals surface area contributed by atoms with E-state index in [0.717, 1.165) is 4.68 Å². The summed E-state index contributed by atoms with van der Waals surface area (Å²) < 4.78 is 0.833. The average molecular weight is 94.1 g/mol. The third-order valence-electron chi connectivity index (χ3n) is 0.408. The largest absolute Gasteiger partial charge is 0.313 e.